The number of fused-ring (bicyclic) bond motifs is 1. The van der Waals surface area contributed by atoms with Gasteiger partial charge in [0, 0.05) is 28.3 Å². The number of non-ortho nitro benzene ring substituents is 1. The van der Waals surface area contributed by atoms with Crippen molar-refractivity contribution in [3.63, 3.8) is 0 Å². The van der Waals surface area contributed by atoms with Crippen LogP contribution in [0.15, 0.2) is 52.4 Å². The van der Waals surface area contributed by atoms with Crippen LogP contribution in [0.4, 0.5) is 11.4 Å². The van der Waals surface area contributed by atoms with Crippen LogP contribution in [0.25, 0.3) is 0 Å². The first-order valence-electron chi connectivity index (χ1n) is 6.80. The Hall–Kier alpha value is -2.73. The van der Waals surface area contributed by atoms with Gasteiger partial charge in [-0.05, 0) is 12.1 Å². The van der Waals surface area contributed by atoms with Crippen LogP contribution in [0, 0.1) is 10.1 Å². The van der Waals surface area contributed by atoms with E-state index >= 15 is 0 Å². The molecular formula is C16H12ClN3O3. The molecule has 0 aliphatic carbocycles. The quantitative estimate of drug-likeness (QED) is 0.621. The number of nitro groups is 1. The van der Waals surface area contributed by atoms with Crippen LogP contribution >= 0.6 is 11.6 Å². The number of nitrogens with zero attached hydrogens (tertiary/aromatic N) is 3. The lowest BCUT2D eigenvalue weighted by molar-refractivity contribution is -0.384. The van der Waals surface area contributed by atoms with Gasteiger partial charge in [-0.3, -0.25) is 15.1 Å². The number of methoxy groups -OCH3 is 1. The molecule has 1 heterocycles. The monoisotopic (exact) mass is 329 g/mol. The SMILES string of the molecule is COC1=Nc2ccc([N+](=O)[O-])cc2C(c2ccccc2Cl)=NC1. The van der Waals surface area contributed by atoms with Crippen LogP contribution in [0.5, 0.6) is 0 Å². The summed E-state index contributed by atoms with van der Waals surface area (Å²) in [5.74, 6) is 0.433. The summed E-state index contributed by atoms with van der Waals surface area (Å²) in [4.78, 5) is 19.5. The molecule has 0 saturated carbocycles. The predicted molar refractivity (Wildman–Crippen MR) is 89.2 cm³/mol. The third kappa shape index (κ3) is 2.93. The fourth-order valence-electron chi connectivity index (χ4n) is 2.32. The molecule has 0 amide bonds. The highest BCUT2D eigenvalue weighted by molar-refractivity contribution is 6.36. The predicted octanol–water partition coefficient (Wildman–Crippen LogP) is 3.78. The van der Waals surface area contributed by atoms with Crippen LogP contribution in [0.3, 0.4) is 0 Å². The highest BCUT2D eigenvalue weighted by atomic mass is 35.5. The molecular weight excluding hydrogens is 318 g/mol. The number of ether oxygens (including phenoxy) is 1. The van der Waals surface area contributed by atoms with Gasteiger partial charge in [-0.25, -0.2) is 4.99 Å². The van der Waals surface area contributed by atoms with Crippen molar-refractivity contribution in [3.8, 4) is 0 Å². The summed E-state index contributed by atoms with van der Waals surface area (Å²) < 4.78 is 5.20. The number of benzene rings is 2. The smallest absolute Gasteiger partial charge is 0.270 e. The minimum atomic E-state index is -0.448. The number of rotatable bonds is 2. The van der Waals surface area contributed by atoms with Crippen molar-refractivity contribution in [1.29, 1.82) is 0 Å². The normalized spacial score (nSPS) is 13.5. The third-order valence-corrected chi connectivity index (χ3v) is 3.76. The first-order valence-corrected chi connectivity index (χ1v) is 7.17. The summed E-state index contributed by atoms with van der Waals surface area (Å²) in [5.41, 5.74) is 2.34. The summed E-state index contributed by atoms with van der Waals surface area (Å²) in [6.07, 6.45) is 0. The molecule has 6 nitrogen and oxygen atoms in total. The fraction of sp³-hybridized carbons (Fsp3) is 0.125. The lowest BCUT2D eigenvalue weighted by Gasteiger charge is -2.09. The number of nitro benzene ring substituents is 1. The third-order valence-electron chi connectivity index (χ3n) is 3.43. The first kappa shape index (κ1) is 15.2. The summed E-state index contributed by atoms with van der Waals surface area (Å²) >= 11 is 6.27. The molecule has 1 aliphatic heterocycles. The van der Waals surface area contributed by atoms with E-state index in [9.17, 15) is 10.1 Å². The lowest BCUT2D eigenvalue weighted by Crippen LogP contribution is -2.08. The molecule has 0 fully saturated rings. The molecule has 0 N–H and O–H groups in total. The van der Waals surface area contributed by atoms with E-state index in [1.54, 1.807) is 12.1 Å². The molecule has 2 aromatic carbocycles. The van der Waals surface area contributed by atoms with Crippen LogP contribution in [-0.2, 0) is 4.74 Å². The largest absolute Gasteiger partial charge is 0.483 e. The van der Waals surface area contributed by atoms with Gasteiger partial charge in [-0.15, -0.1) is 0 Å². The molecule has 1 aliphatic rings. The van der Waals surface area contributed by atoms with E-state index in [0.717, 1.165) is 0 Å². The van der Waals surface area contributed by atoms with E-state index in [4.69, 9.17) is 16.3 Å². The maximum absolute atomic E-state index is 11.1. The Balaban J connectivity index is 2.24. The van der Waals surface area contributed by atoms with Gasteiger partial charge in [0.25, 0.3) is 5.69 Å². The van der Waals surface area contributed by atoms with Gasteiger partial charge in [-0.2, -0.15) is 0 Å². The Morgan fingerprint density at radius 1 is 1.22 bits per heavy atom. The molecule has 0 aromatic heterocycles. The van der Waals surface area contributed by atoms with Gasteiger partial charge in [0.15, 0.2) is 0 Å². The van der Waals surface area contributed by atoms with Gasteiger partial charge in [0.1, 0.15) is 6.54 Å². The molecule has 7 heteroatoms. The van der Waals surface area contributed by atoms with Crippen LogP contribution in [-0.4, -0.2) is 30.2 Å². The number of aliphatic imine (C=N–C) groups is 2. The second kappa shape index (κ2) is 6.18. The molecule has 3 rings (SSSR count). The number of halogens is 1. The van der Waals surface area contributed by atoms with Gasteiger partial charge in [0.05, 0.1) is 23.4 Å². The second-order valence-corrected chi connectivity index (χ2v) is 5.22. The molecule has 23 heavy (non-hydrogen) atoms. The highest BCUT2D eigenvalue weighted by Crippen LogP contribution is 2.31. The summed E-state index contributed by atoms with van der Waals surface area (Å²) in [6, 6.07) is 11.7. The molecule has 0 atom stereocenters. The Morgan fingerprint density at radius 2 is 2.00 bits per heavy atom. The number of hydrogen-bond acceptors (Lipinski definition) is 5. The van der Waals surface area contributed by atoms with Gasteiger partial charge >= 0.3 is 0 Å². The van der Waals surface area contributed by atoms with E-state index in [2.05, 4.69) is 9.98 Å². The molecule has 0 saturated heterocycles. The van der Waals surface area contributed by atoms with E-state index in [1.165, 1.54) is 19.2 Å². The summed E-state index contributed by atoms with van der Waals surface area (Å²) in [6.45, 7) is 0.236. The van der Waals surface area contributed by atoms with Crippen molar-refractivity contribution in [2.45, 2.75) is 0 Å². The Labute approximate surface area is 137 Å². The van der Waals surface area contributed by atoms with E-state index in [1.807, 2.05) is 18.2 Å². The molecule has 0 spiro atoms. The van der Waals surface area contributed by atoms with Crippen LogP contribution in [0.1, 0.15) is 11.1 Å². The molecule has 0 unspecified atom stereocenters. The van der Waals surface area contributed by atoms with Crippen molar-refractivity contribution < 1.29 is 9.66 Å². The van der Waals surface area contributed by atoms with Crippen LogP contribution < -0.4 is 0 Å². The minimum absolute atomic E-state index is 0.0282. The van der Waals surface area contributed by atoms with Crippen molar-refractivity contribution in [3.05, 3.63) is 68.7 Å². The second-order valence-electron chi connectivity index (χ2n) is 4.81. The van der Waals surface area contributed by atoms with Gasteiger partial charge in [0.2, 0.25) is 5.90 Å². The van der Waals surface area contributed by atoms with E-state index in [-0.39, 0.29) is 12.2 Å². The zero-order valence-corrected chi connectivity index (χ0v) is 12.9. The van der Waals surface area contributed by atoms with Crippen molar-refractivity contribution in [2.24, 2.45) is 9.98 Å². The maximum atomic E-state index is 11.1. The fourth-order valence-corrected chi connectivity index (χ4v) is 2.55. The molecule has 116 valence electrons. The molecule has 2 aromatic rings. The van der Waals surface area contributed by atoms with Gasteiger partial charge in [-0.1, -0.05) is 29.8 Å². The van der Waals surface area contributed by atoms with E-state index < -0.39 is 4.92 Å². The Morgan fingerprint density at radius 3 is 2.70 bits per heavy atom. The van der Waals surface area contributed by atoms with Crippen LogP contribution in [0.2, 0.25) is 5.02 Å². The zero-order chi connectivity index (χ0) is 16.4. The minimum Gasteiger partial charge on any atom is -0.483 e. The highest BCUT2D eigenvalue weighted by Gasteiger charge is 2.21. The standard InChI is InChI=1S/C16H12ClN3O3/c1-23-15-9-18-16(11-4-2-3-5-13(11)17)12-8-10(20(21)22)6-7-14(12)19-15/h2-8H,9H2,1H3. The van der Waals surface area contributed by atoms with Gasteiger partial charge < -0.3 is 4.74 Å². The Kier molecular flexibility index (Phi) is 4.08. The van der Waals surface area contributed by atoms with E-state index in [0.29, 0.717) is 33.4 Å². The van der Waals surface area contributed by atoms with Crippen molar-refractivity contribution in [2.75, 3.05) is 13.7 Å². The Bertz CT molecular complexity index is 846. The zero-order valence-electron chi connectivity index (χ0n) is 12.2. The lowest BCUT2D eigenvalue weighted by atomic mass is 10.00. The molecule has 0 radical (unpaired) electrons. The van der Waals surface area contributed by atoms with Crippen molar-refractivity contribution in [1.82, 2.24) is 0 Å². The first-order chi connectivity index (χ1) is 11.1. The molecule has 0 bridgehead atoms. The maximum Gasteiger partial charge on any atom is 0.270 e. The average Bonchev–Trinajstić information content (AvgIpc) is 2.73. The topological polar surface area (TPSA) is 77.1 Å². The van der Waals surface area contributed by atoms with Crippen molar-refractivity contribution >= 4 is 34.6 Å². The summed E-state index contributed by atoms with van der Waals surface area (Å²) in [7, 11) is 1.51. The average molecular weight is 330 g/mol. The summed E-state index contributed by atoms with van der Waals surface area (Å²) in [5, 5.41) is 11.6. The number of hydrogen-bond donors (Lipinski definition) is 0.